The smallest absolute Gasteiger partial charge is 0.187 e. The quantitative estimate of drug-likeness (QED) is 0.294. The van der Waals surface area contributed by atoms with Crippen molar-refractivity contribution in [2.45, 2.75) is 51.7 Å². The SMILES string of the molecule is CCO[C@H](c1ncc(C)cn1)[C@@H](C)S(=O)(=O)Cc1nnc(-c2cccc(C)n2)n1-c1c(C)cccc1OC. The highest BCUT2D eigenvalue weighted by Crippen LogP contribution is 2.33. The average molecular weight is 537 g/mol. The molecule has 0 fully saturated rings. The maximum atomic E-state index is 13.8. The second-order valence-electron chi connectivity index (χ2n) is 9.07. The van der Waals surface area contributed by atoms with E-state index in [0.717, 1.165) is 16.8 Å². The number of ether oxygens (including phenoxy) is 2. The predicted molar refractivity (Wildman–Crippen MR) is 144 cm³/mol. The fourth-order valence-electron chi connectivity index (χ4n) is 4.21. The number of hydrogen-bond acceptors (Lipinski definition) is 9. The van der Waals surface area contributed by atoms with Gasteiger partial charge in [0.2, 0.25) is 0 Å². The number of aromatic nitrogens is 6. The van der Waals surface area contributed by atoms with Crippen molar-refractivity contribution in [1.29, 1.82) is 0 Å². The summed E-state index contributed by atoms with van der Waals surface area (Å²) in [6.45, 7) is 9.40. The van der Waals surface area contributed by atoms with Crippen LogP contribution in [0, 0.1) is 20.8 Å². The molecule has 3 aromatic heterocycles. The topological polar surface area (TPSA) is 122 Å². The van der Waals surface area contributed by atoms with Crippen LogP contribution in [-0.4, -0.2) is 57.1 Å². The number of hydrogen-bond donors (Lipinski definition) is 0. The van der Waals surface area contributed by atoms with E-state index in [4.69, 9.17) is 9.47 Å². The number of nitrogens with zero attached hydrogens (tertiary/aromatic N) is 6. The van der Waals surface area contributed by atoms with Crippen molar-refractivity contribution in [3.05, 3.63) is 77.3 Å². The maximum Gasteiger partial charge on any atom is 0.187 e. The van der Waals surface area contributed by atoms with Crippen molar-refractivity contribution < 1.29 is 17.9 Å². The first-order valence-electron chi connectivity index (χ1n) is 12.3. The molecular weight excluding hydrogens is 504 g/mol. The van der Waals surface area contributed by atoms with Crippen molar-refractivity contribution in [1.82, 2.24) is 29.7 Å². The van der Waals surface area contributed by atoms with Crippen LogP contribution in [0.4, 0.5) is 0 Å². The fourth-order valence-corrected chi connectivity index (χ4v) is 5.60. The van der Waals surface area contributed by atoms with E-state index in [1.54, 1.807) is 31.0 Å². The third-order valence-electron chi connectivity index (χ3n) is 6.22. The third-order valence-corrected chi connectivity index (χ3v) is 8.26. The number of aryl methyl sites for hydroxylation is 3. The largest absolute Gasteiger partial charge is 0.495 e. The van der Waals surface area contributed by atoms with Gasteiger partial charge in [-0.3, -0.25) is 4.57 Å². The van der Waals surface area contributed by atoms with E-state index in [1.165, 1.54) is 0 Å². The van der Waals surface area contributed by atoms with Gasteiger partial charge in [-0.25, -0.2) is 23.4 Å². The van der Waals surface area contributed by atoms with Crippen LogP contribution in [0.15, 0.2) is 48.8 Å². The summed E-state index contributed by atoms with van der Waals surface area (Å²) in [5, 5.41) is 7.78. The Morgan fingerprint density at radius 3 is 2.37 bits per heavy atom. The normalized spacial score (nSPS) is 13.3. The molecule has 0 N–H and O–H groups in total. The van der Waals surface area contributed by atoms with E-state index in [0.29, 0.717) is 35.4 Å². The van der Waals surface area contributed by atoms with E-state index >= 15 is 0 Å². The summed E-state index contributed by atoms with van der Waals surface area (Å²) in [4.78, 5) is 13.3. The van der Waals surface area contributed by atoms with Crippen LogP contribution >= 0.6 is 0 Å². The van der Waals surface area contributed by atoms with Gasteiger partial charge >= 0.3 is 0 Å². The van der Waals surface area contributed by atoms with Crippen molar-refractivity contribution in [2.75, 3.05) is 13.7 Å². The summed E-state index contributed by atoms with van der Waals surface area (Å²) in [6, 6.07) is 11.2. The molecule has 0 spiro atoms. The Hall–Kier alpha value is -3.70. The van der Waals surface area contributed by atoms with Gasteiger partial charge < -0.3 is 9.47 Å². The van der Waals surface area contributed by atoms with Crippen LogP contribution in [0.3, 0.4) is 0 Å². The molecule has 200 valence electrons. The Kier molecular flexibility index (Phi) is 8.17. The summed E-state index contributed by atoms with van der Waals surface area (Å²) in [6.07, 6.45) is 2.46. The highest BCUT2D eigenvalue weighted by atomic mass is 32.2. The molecule has 4 aromatic rings. The molecule has 0 saturated heterocycles. The van der Waals surface area contributed by atoms with Crippen LogP contribution in [0.1, 0.15) is 48.4 Å². The Morgan fingerprint density at radius 1 is 1.00 bits per heavy atom. The van der Waals surface area contributed by atoms with Gasteiger partial charge in [0.25, 0.3) is 0 Å². The molecule has 10 nitrogen and oxygen atoms in total. The van der Waals surface area contributed by atoms with Crippen LogP contribution in [-0.2, 0) is 20.3 Å². The summed E-state index contributed by atoms with van der Waals surface area (Å²) in [5.41, 5.74) is 3.76. The number of para-hydroxylation sites is 1. The second kappa shape index (κ2) is 11.4. The minimum atomic E-state index is -3.82. The molecule has 0 saturated carbocycles. The first kappa shape index (κ1) is 27.3. The van der Waals surface area contributed by atoms with E-state index in [9.17, 15) is 8.42 Å². The highest BCUT2D eigenvalue weighted by molar-refractivity contribution is 7.91. The summed E-state index contributed by atoms with van der Waals surface area (Å²) in [5.74, 6) is 1.15. The van der Waals surface area contributed by atoms with Gasteiger partial charge in [-0.2, -0.15) is 0 Å². The van der Waals surface area contributed by atoms with Gasteiger partial charge in [-0.05, 0) is 63.9 Å². The van der Waals surface area contributed by atoms with Crippen molar-refractivity contribution in [3.63, 3.8) is 0 Å². The number of methoxy groups -OCH3 is 1. The molecule has 0 aliphatic rings. The molecular formula is C27H32N6O4S. The first-order valence-corrected chi connectivity index (χ1v) is 14.0. The Labute approximate surface area is 223 Å². The van der Waals surface area contributed by atoms with Crippen LogP contribution in [0.5, 0.6) is 5.75 Å². The Balaban J connectivity index is 1.82. The first-order chi connectivity index (χ1) is 18.2. The van der Waals surface area contributed by atoms with E-state index in [2.05, 4.69) is 25.1 Å². The number of sulfone groups is 1. The van der Waals surface area contributed by atoms with E-state index in [1.807, 2.05) is 64.1 Å². The lowest BCUT2D eigenvalue weighted by molar-refractivity contribution is 0.0556. The summed E-state index contributed by atoms with van der Waals surface area (Å²) in [7, 11) is -2.25. The van der Waals surface area contributed by atoms with Gasteiger partial charge in [-0.1, -0.05) is 18.2 Å². The summed E-state index contributed by atoms with van der Waals surface area (Å²) >= 11 is 0. The lowest BCUT2D eigenvalue weighted by atomic mass is 10.1. The van der Waals surface area contributed by atoms with Gasteiger partial charge in [0, 0.05) is 24.7 Å². The van der Waals surface area contributed by atoms with Gasteiger partial charge in [0.15, 0.2) is 27.3 Å². The zero-order valence-electron chi connectivity index (χ0n) is 22.4. The fraction of sp³-hybridized carbons (Fsp3) is 0.370. The Morgan fingerprint density at radius 2 is 1.71 bits per heavy atom. The molecule has 1 aromatic carbocycles. The van der Waals surface area contributed by atoms with E-state index in [-0.39, 0.29) is 11.6 Å². The molecule has 0 radical (unpaired) electrons. The average Bonchev–Trinajstić information content (AvgIpc) is 3.29. The number of rotatable bonds is 10. The van der Waals surface area contributed by atoms with Crippen molar-refractivity contribution in [2.24, 2.45) is 0 Å². The lowest BCUT2D eigenvalue weighted by Crippen LogP contribution is -2.30. The van der Waals surface area contributed by atoms with Gasteiger partial charge in [-0.15, -0.1) is 10.2 Å². The Bertz CT molecular complexity index is 1520. The van der Waals surface area contributed by atoms with E-state index < -0.39 is 21.2 Å². The minimum absolute atomic E-state index is 0.239. The third kappa shape index (κ3) is 5.58. The zero-order chi connectivity index (χ0) is 27.4. The monoisotopic (exact) mass is 536 g/mol. The number of pyridine rings is 1. The minimum Gasteiger partial charge on any atom is -0.495 e. The van der Waals surface area contributed by atoms with Crippen LogP contribution in [0.2, 0.25) is 0 Å². The van der Waals surface area contributed by atoms with Crippen LogP contribution in [0.25, 0.3) is 17.2 Å². The maximum absolute atomic E-state index is 13.8. The standard InChI is InChI=1S/C27H32N6O4S/c1-7-37-25(26-28-14-17(2)15-29-26)20(5)38(34,35)16-23-31-32-27(21-12-9-11-19(4)30-21)33(23)24-18(3)10-8-13-22(24)36-6/h8-15,20,25H,7,16H2,1-6H3/t20-,25+/m1/s1. The lowest BCUT2D eigenvalue weighted by Gasteiger charge is -2.23. The molecule has 11 heteroatoms. The van der Waals surface area contributed by atoms with Crippen molar-refractivity contribution >= 4 is 9.84 Å². The van der Waals surface area contributed by atoms with Crippen molar-refractivity contribution in [3.8, 4) is 23.0 Å². The number of benzene rings is 1. The van der Waals surface area contributed by atoms with Gasteiger partial charge in [0.05, 0.1) is 18.0 Å². The molecule has 0 aliphatic carbocycles. The molecule has 0 unspecified atom stereocenters. The van der Waals surface area contributed by atoms with Crippen LogP contribution < -0.4 is 4.74 Å². The molecule has 4 rings (SSSR count). The second-order valence-corrected chi connectivity index (χ2v) is 11.4. The summed E-state index contributed by atoms with van der Waals surface area (Å²) < 4.78 is 40.8. The predicted octanol–water partition coefficient (Wildman–Crippen LogP) is 4.13. The highest BCUT2D eigenvalue weighted by Gasteiger charge is 2.35. The molecule has 38 heavy (non-hydrogen) atoms. The molecule has 2 atom stereocenters. The zero-order valence-corrected chi connectivity index (χ0v) is 23.2. The molecule has 0 bridgehead atoms. The van der Waals surface area contributed by atoms with Gasteiger partial charge in [0.1, 0.15) is 23.3 Å². The molecule has 0 amide bonds. The molecule has 0 aliphatic heterocycles. The molecule has 3 heterocycles.